The van der Waals surface area contributed by atoms with Gasteiger partial charge in [-0.1, -0.05) is 42.5 Å². The zero-order valence-electron chi connectivity index (χ0n) is 21.9. The molecule has 9 heteroatoms. The first-order valence-corrected chi connectivity index (χ1v) is 12.6. The number of aromatic nitrogens is 2. The van der Waals surface area contributed by atoms with E-state index in [0.29, 0.717) is 22.8 Å². The minimum Gasteiger partial charge on any atom is -0.493 e. The summed E-state index contributed by atoms with van der Waals surface area (Å²) in [6, 6.07) is 20.2. The Labute approximate surface area is 225 Å². The molecule has 2 heterocycles. The van der Waals surface area contributed by atoms with Crippen molar-refractivity contribution in [3.05, 3.63) is 95.3 Å². The van der Waals surface area contributed by atoms with E-state index < -0.39 is 18.2 Å². The van der Waals surface area contributed by atoms with Crippen molar-refractivity contribution in [2.75, 3.05) is 7.11 Å². The van der Waals surface area contributed by atoms with Crippen LogP contribution in [-0.4, -0.2) is 45.4 Å². The molecule has 0 spiro atoms. The Kier molecular flexibility index (Phi) is 7.23. The fraction of sp³-hybridized carbons (Fsp3) is 0.233. The standard InChI is InChI=1S/C30H29N3O6/c1-18-24(16-31-32-18)22-10-12-25(38-27-13-20(14-28(34)35)9-11-26(27)37-3)23(15-22)17-33-19(2)29(39-30(33)36)21-7-5-4-6-8-21/h4-13,15-16,19,29H,14,17H2,1-3H3,(H,31,32)(H,34,35). The van der Waals surface area contributed by atoms with Crippen LogP contribution in [0.3, 0.4) is 0 Å². The number of nitrogens with one attached hydrogen (secondary N) is 1. The van der Waals surface area contributed by atoms with Crippen molar-refractivity contribution in [2.24, 2.45) is 0 Å². The maximum Gasteiger partial charge on any atom is 0.411 e. The van der Waals surface area contributed by atoms with Crippen molar-refractivity contribution in [2.45, 2.75) is 39.0 Å². The number of H-pyrrole nitrogens is 1. The lowest BCUT2D eigenvalue weighted by molar-refractivity contribution is -0.136. The summed E-state index contributed by atoms with van der Waals surface area (Å²) in [5.74, 6) is 0.405. The van der Waals surface area contributed by atoms with E-state index in [0.717, 1.165) is 27.9 Å². The molecular weight excluding hydrogens is 498 g/mol. The van der Waals surface area contributed by atoms with Gasteiger partial charge in [0.05, 0.1) is 32.3 Å². The van der Waals surface area contributed by atoms with Gasteiger partial charge in [-0.15, -0.1) is 0 Å². The second-order valence-corrected chi connectivity index (χ2v) is 9.47. The highest BCUT2D eigenvalue weighted by atomic mass is 16.6. The summed E-state index contributed by atoms with van der Waals surface area (Å²) in [6.45, 7) is 4.14. The number of amides is 1. The Morgan fingerprint density at radius 2 is 1.85 bits per heavy atom. The maximum absolute atomic E-state index is 13.0. The van der Waals surface area contributed by atoms with Crippen LogP contribution in [0.4, 0.5) is 4.79 Å². The van der Waals surface area contributed by atoms with Crippen LogP contribution >= 0.6 is 0 Å². The largest absolute Gasteiger partial charge is 0.493 e. The van der Waals surface area contributed by atoms with Crippen LogP contribution < -0.4 is 9.47 Å². The molecule has 3 aromatic carbocycles. The quantitative estimate of drug-likeness (QED) is 0.279. The van der Waals surface area contributed by atoms with E-state index in [1.807, 2.05) is 62.4 Å². The Balaban J connectivity index is 1.51. The first kappa shape index (κ1) is 25.8. The van der Waals surface area contributed by atoms with Gasteiger partial charge in [0.25, 0.3) is 0 Å². The molecule has 1 fully saturated rings. The molecule has 9 nitrogen and oxygen atoms in total. The normalized spacial score (nSPS) is 16.7. The molecule has 2 unspecified atom stereocenters. The number of ether oxygens (including phenoxy) is 3. The maximum atomic E-state index is 13.0. The van der Waals surface area contributed by atoms with E-state index in [1.54, 1.807) is 29.3 Å². The van der Waals surface area contributed by atoms with E-state index in [4.69, 9.17) is 14.2 Å². The smallest absolute Gasteiger partial charge is 0.411 e. The van der Waals surface area contributed by atoms with Gasteiger partial charge >= 0.3 is 12.1 Å². The minimum atomic E-state index is -0.943. The molecular formula is C30H29N3O6. The summed E-state index contributed by atoms with van der Waals surface area (Å²) in [4.78, 5) is 26.0. The van der Waals surface area contributed by atoms with Gasteiger partial charge in [-0.25, -0.2) is 4.79 Å². The number of rotatable bonds is 9. The zero-order chi connectivity index (χ0) is 27.5. The zero-order valence-corrected chi connectivity index (χ0v) is 21.9. The highest BCUT2D eigenvalue weighted by Gasteiger charge is 2.40. The molecule has 1 amide bonds. The summed E-state index contributed by atoms with van der Waals surface area (Å²) < 4.78 is 17.6. The molecule has 4 aromatic rings. The molecule has 0 saturated carbocycles. The number of aliphatic carboxylic acids is 1. The number of benzene rings is 3. The number of aryl methyl sites for hydroxylation is 1. The summed E-state index contributed by atoms with van der Waals surface area (Å²) in [5, 5.41) is 16.3. The number of nitrogens with zero attached hydrogens (tertiary/aromatic N) is 2. The minimum absolute atomic E-state index is 0.149. The molecule has 0 aliphatic carbocycles. The van der Waals surface area contributed by atoms with Crippen molar-refractivity contribution in [1.82, 2.24) is 15.1 Å². The van der Waals surface area contributed by atoms with Crippen molar-refractivity contribution in [3.8, 4) is 28.4 Å². The molecule has 5 rings (SSSR count). The third-order valence-corrected chi connectivity index (χ3v) is 6.87. The van der Waals surface area contributed by atoms with Crippen LogP contribution in [0.5, 0.6) is 17.2 Å². The van der Waals surface area contributed by atoms with Gasteiger partial charge in [0, 0.05) is 16.8 Å². The monoisotopic (exact) mass is 527 g/mol. The summed E-state index contributed by atoms with van der Waals surface area (Å²) in [5.41, 5.74) is 5.01. The number of carbonyl (C=O) groups excluding carboxylic acids is 1. The van der Waals surface area contributed by atoms with Gasteiger partial charge in [-0.05, 0) is 54.8 Å². The summed E-state index contributed by atoms with van der Waals surface area (Å²) in [7, 11) is 1.52. The predicted molar refractivity (Wildman–Crippen MR) is 144 cm³/mol. The van der Waals surface area contributed by atoms with Crippen molar-refractivity contribution in [3.63, 3.8) is 0 Å². The second-order valence-electron chi connectivity index (χ2n) is 9.47. The molecule has 39 heavy (non-hydrogen) atoms. The fourth-order valence-corrected chi connectivity index (χ4v) is 4.80. The fourth-order valence-electron chi connectivity index (χ4n) is 4.80. The lowest BCUT2D eigenvalue weighted by Crippen LogP contribution is -2.31. The van der Waals surface area contributed by atoms with Gasteiger partial charge in [-0.3, -0.25) is 14.8 Å². The van der Waals surface area contributed by atoms with Crippen molar-refractivity contribution >= 4 is 12.1 Å². The number of carboxylic acid groups (broad SMARTS) is 1. The molecule has 1 saturated heterocycles. The highest BCUT2D eigenvalue weighted by molar-refractivity contribution is 5.73. The lowest BCUT2D eigenvalue weighted by atomic mass is 10.0. The Hall–Kier alpha value is -4.79. The average Bonchev–Trinajstić information content (AvgIpc) is 3.48. The molecule has 2 atom stereocenters. The van der Waals surface area contributed by atoms with Gasteiger partial charge in [0.1, 0.15) is 11.9 Å². The van der Waals surface area contributed by atoms with Crippen LogP contribution in [0.15, 0.2) is 72.9 Å². The molecule has 1 aliphatic heterocycles. The number of cyclic esters (lactones) is 1. The van der Waals surface area contributed by atoms with Crippen LogP contribution in [0, 0.1) is 6.92 Å². The number of hydrogen-bond acceptors (Lipinski definition) is 6. The lowest BCUT2D eigenvalue weighted by Gasteiger charge is -2.23. The van der Waals surface area contributed by atoms with Crippen LogP contribution in [-0.2, 0) is 22.5 Å². The van der Waals surface area contributed by atoms with Gasteiger partial charge in [0.15, 0.2) is 11.5 Å². The second kappa shape index (κ2) is 10.9. The third-order valence-electron chi connectivity index (χ3n) is 6.87. The van der Waals surface area contributed by atoms with E-state index in [1.165, 1.54) is 7.11 Å². The molecule has 1 aliphatic rings. The van der Waals surface area contributed by atoms with E-state index in [-0.39, 0.29) is 19.0 Å². The van der Waals surface area contributed by atoms with Crippen molar-refractivity contribution in [1.29, 1.82) is 0 Å². The Morgan fingerprint density at radius 1 is 1.08 bits per heavy atom. The molecule has 0 bridgehead atoms. The molecule has 200 valence electrons. The number of hydrogen-bond donors (Lipinski definition) is 2. The first-order valence-electron chi connectivity index (χ1n) is 12.6. The van der Waals surface area contributed by atoms with Gasteiger partial charge in [-0.2, -0.15) is 5.10 Å². The van der Waals surface area contributed by atoms with Crippen molar-refractivity contribution < 1.29 is 28.9 Å². The average molecular weight is 528 g/mol. The number of aromatic amines is 1. The van der Waals surface area contributed by atoms with Gasteiger partial charge in [0.2, 0.25) is 0 Å². The Bertz CT molecular complexity index is 1500. The van der Waals surface area contributed by atoms with Crippen LogP contribution in [0.1, 0.15) is 35.4 Å². The summed E-state index contributed by atoms with van der Waals surface area (Å²) >= 11 is 0. The predicted octanol–water partition coefficient (Wildman–Crippen LogP) is 5.90. The van der Waals surface area contributed by atoms with Gasteiger partial charge < -0.3 is 19.3 Å². The van der Waals surface area contributed by atoms with E-state index in [2.05, 4.69) is 10.2 Å². The SMILES string of the molecule is COc1ccc(CC(=O)O)cc1Oc1ccc(-c2cn[nH]c2C)cc1CN1C(=O)OC(c2ccccc2)C1C. The Morgan fingerprint density at radius 3 is 2.54 bits per heavy atom. The molecule has 0 radical (unpaired) electrons. The first-order chi connectivity index (χ1) is 18.8. The third kappa shape index (κ3) is 5.43. The van der Waals surface area contributed by atoms with E-state index in [9.17, 15) is 14.7 Å². The molecule has 1 aromatic heterocycles. The topological polar surface area (TPSA) is 114 Å². The number of methoxy groups -OCH3 is 1. The van der Waals surface area contributed by atoms with E-state index >= 15 is 0 Å². The number of carboxylic acids is 1. The summed E-state index contributed by atoms with van der Waals surface area (Å²) in [6.07, 6.45) is 0.804. The van der Waals surface area contributed by atoms with Crippen LogP contribution in [0.25, 0.3) is 11.1 Å². The van der Waals surface area contributed by atoms with Crippen LogP contribution in [0.2, 0.25) is 0 Å². The highest BCUT2D eigenvalue weighted by Crippen LogP contribution is 2.39. The number of carbonyl (C=O) groups is 2. The molecule has 2 N–H and O–H groups in total.